The molecule has 0 unspecified atom stereocenters. The summed E-state index contributed by atoms with van der Waals surface area (Å²) >= 11 is 0. The minimum absolute atomic E-state index is 0.0107. The minimum Gasteiger partial charge on any atom is -0.373 e. The van der Waals surface area contributed by atoms with Crippen molar-refractivity contribution < 1.29 is 26.7 Å². The summed E-state index contributed by atoms with van der Waals surface area (Å²) in [5.74, 6) is -0.848. The molecule has 0 aromatic carbocycles. The number of ether oxygens (including phenoxy) is 1. The first-order valence-electron chi connectivity index (χ1n) is 11.8. The number of aromatic nitrogens is 5. The van der Waals surface area contributed by atoms with E-state index in [4.69, 9.17) is 9.72 Å². The zero-order valence-corrected chi connectivity index (χ0v) is 19.6. The number of nitrogens with zero attached hydrogens (tertiary/aromatic N) is 5. The number of rotatable bonds is 4. The van der Waals surface area contributed by atoms with Gasteiger partial charge in [-0.05, 0) is 38.2 Å². The van der Waals surface area contributed by atoms with Gasteiger partial charge in [0.25, 0.3) is 12.0 Å². The molecule has 2 atom stereocenters. The van der Waals surface area contributed by atoms with Gasteiger partial charge in [0.2, 0.25) is 0 Å². The van der Waals surface area contributed by atoms with Crippen LogP contribution in [0.3, 0.4) is 0 Å². The highest BCUT2D eigenvalue weighted by molar-refractivity contribution is 5.82. The summed E-state index contributed by atoms with van der Waals surface area (Å²) in [4.78, 5) is 22.0. The van der Waals surface area contributed by atoms with Gasteiger partial charge in [-0.25, -0.2) is 13.8 Å². The molecule has 0 radical (unpaired) electrons. The van der Waals surface area contributed by atoms with Gasteiger partial charge in [-0.15, -0.1) is 0 Å². The van der Waals surface area contributed by atoms with E-state index in [1.165, 1.54) is 7.05 Å². The van der Waals surface area contributed by atoms with Crippen LogP contribution in [0.25, 0.3) is 10.9 Å². The largest absolute Gasteiger partial charge is 0.394 e. The molecule has 7 rings (SSSR count). The van der Waals surface area contributed by atoms with Crippen LogP contribution >= 0.6 is 0 Å². The van der Waals surface area contributed by atoms with Gasteiger partial charge in [0, 0.05) is 49.5 Å². The third-order valence-corrected chi connectivity index (χ3v) is 8.25. The Balaban J connectivity index is 1.46. The van der Waals surface area contributed by atoms with Gasteiger partial charge in [0.15, 0.2) is 5.82 Å². The molecule has 0 N–H and O–H groups in total. The van der Waals surface area contributed by atoms with Crippen molar-refractivity contribution in [1.29, 1.82) is 0 Å². The Hall–Kier alpha value is -2.89. The maximum atomic E-state index is 13.7. The predicted octanol–water partition coefficient (Wildman–Crippen LogP) is 4.62. The number of hydrogen-bond donors (Lipinski definition) is 0. The van der Waals surface area contributed by atoms with E-state index in [1.807, 2.05) is 6.20 Å². The molecule has 3 saturated carbocycles. The van der Waals surface area contributed by atoms with E-state index in [0.717, 1.165) is 10.1 Å². The van der Waals surface area contributed by atoms with Crippen molar-refractivity contribution in [2.75, 3.05) is 6.61 Å². The Labute approximate surface area is 202 Å². The zero-order chi connectivity index (χ0) is 25.6. The molecular formula is C24H24F5N5O2. The molecule has 3 aromatic rings. The van der Waals surface area contributed by atoms with E-state index in [2.05, 4.69) is 10.1 Å². The van der Waals surface area contributed by atoms with Crippen molar-refractivity contribution in [1.82, 2.24) is 24.3 Å². The molecule has 192 valence electrons. The van der Waals surface area contributed by atoms with Crippen LogP contribution < -0.4 is 5.56 Å². The van der Waals surface area contributed by atoms with Crippen LogP contribution in [0, 0.1) is 5.41 Å². The van der Waals surface area contributed by atoms with E-state index in [1.54, 1.807) is 24.0 Å². The molecule has 0 spiro atoms. The smallest absolute Gasteiger partial charge is 0.373 e. The van der Waals surface area contributed by atoms with E-state index in [-0.39, 0.29) is 47.9 Å². The summed E-state index contributed by atoms with van der Waals surface area (Å²) < 4.78 is 76.4. The molecule has 3 aromatic heterocycles. The van der Waals surface area contributed by atoms with E-state index in [9.17, 15) is 26.7 Å². The first-order valence-corrected chi connectivity index (χ1v) is 11.8. The number of pyridine rings is 1. The van der Waals surface area contributed by atoms with Gasteiger partial charge in [-0.2, -0.15) is 18.3 Å². The third-order valence-electron chi connectivity index (χ3n) is 8.25. The average molecular weight is 509 g/mol. The van der Waals surface area contributed by atoms with Crippen molar-refractivity contribution in [3.05, 3.63) is 51.6 Å². The van der Waals surface area contributed by atoms with Gasteiger partial charge in [0.05, 0.1) is 28.8 Å². The van der Waals surface area contributed by atoms with Crippen LogP contribution in [-0.2, 0) is 24.2 Å². The monoisotopic (exact) mass is 509 g/mol. The molecule has 36 heavy (non-hydrogen) atoms. The van der Waals surface area contributed by atoms with Crippen molar-refractivity contribution in [2.24, 2.45) is 19.5 Å². The standard InChI is InChI=1S/C24H24F5N5O2/c1-33-8-13(7-30-33)16-5-12(3-4-36-16)15-6-14-17(32-20(19(25)26)34(2)21(14)35)18(31-15)22-9-23(10-22,11-22)24(27,28)29/h6-8,12,16,19H,3-5,9-11H2,1-2H3/t12-,16+,22?,23?/m0/s1. The Bertz CT molecular complexity index is 1410. The Morgan fingerprint density at radius 3 is 2.50 bits per heavy atom. The highest BCUT2D eigenvalue weighted by Crippen LogP contribution is 2.78. The fraction of sp³-hybridized carbons (Fsp3) is 0.583. The fourth-order valence-corrected chi connectivity index (χ4v) is 6.33. The van der Waals surface area contributed by atoms with E-state index in [0.29, 0.717) is 25.1 Å². The van der Waals surface area contributed by atoms with Crippen LogP contribution in [0.5, 0.6) is 0 Å². The number of halogens is 5. The number of hydrogen-bond acceptors (Lipinski definition) is 5. The topological polar surface area (TPSA) is 74.8 Å². The zero-order valence-electron chi connectivity index (χ0n) is 19.6. The van der Waals surface area contributed by atoms with Crippen LogP contribution in [0.2, 0.25) is 0 Å². The Kier molecular flexibility index (Phi) is 4.94. The van der Waals surface area contributed by atoms with Gasteiger partial charge < -0.3 is 4.74 Å². The molecule has 12 heteroatoms. The number of aryl methyl sites for hydroxylation is 1. The van der Waals surface area contributed by atoms with Gasteiger partial charge in [-0.1, -0.05) is 0 Å². The lowest BCUT2D eigenvalue weighted by molar-refractivity contribution is -0.337. The molecule has 7 nitrogen and oxygen atoms in total. The van der Waals surface area contributed by atoms with E-state index >= 15 is 0 Å². The van der Waals surface area contributed by atoms with Gasteiger partial charge in [0.1, 0.15) is 5.52 Å². The Morgan fingerprint density at radius 2 is 1.89 bits per heavy atom. The van der Waals surface area contributed by atoms with Crippen LogP contribution in [0.4, 0.5) is 22.0 Å². The second kappa shape index (κ2) is 7.56. The normalized spacial score (nSPS) is 29.9. The summed E-state index contributed by atoms with van der Waals surface area (Å²) in [6, 6.07) is 1.57. The van der Waals surface area contributed by atoms with Crippen LogP contribution in [0.1, 0.15) is 73.3 Å². The van der Waals surface area contributed by atoms with Crippen LogP contribution in [-0.4, -0.2) is 37.1 Å². The molecule has 3 aliphatic carbocycles. The minimum atomic E-state index is -4.34. The molecule has 2 bridgehead atoms. The quantitative estimate of drug-likeness (QED) is 0.480. The summed E-state index contributed by atoms with van der Waals surface area (Å²) in [5, 5.41) is 4.29. The molecule has 1 aliphatic heterocycles. The average Bonchev–Trinajstić information content (AvgIpc) is 3.19. The molecule has 1 saturated heterocycles. The number of fused-ring (bicyclic) bond motifs is 1. The second-order valence-electron chi connectivity index (χ2n) is 10.5. The molecule has 4 heterocycles. The van der Waals surface area contributed by atoms with Crippen molar-refractivity contribution in [3.63, 3.8) is 0 Å². The first kappa shape index (κ1) is 23.5. The van der Waals surface area contributed by atoms with Crippen molar-refractivity contribution in [3.8, 4) is 0 Å². The highest BCUT2D eigenvalue weighted by Gasteiger charge is 2.79. The lowest BCUT2D eigenvalue weighted by Gasteiger charge is -2.70. The summed E-state index contributed by atoms with van der Waals surface area (Å²) in [7, 11) is 3.03. The lowest BCUT2D eigenvalue weighted by atomic mass is 9.34. The Morgan fingerprint density at radius 1 is 1.17 bits per heavy atom. The summed E-state index contributed by atoms with van der Waals surface area (Å²) in [6.07, 6.45) is -3.35. The predicted molar refractivity (Wildman–Crippen MR) is 118 cm³/mol. The third kappa shape index (κ3) is 3.25. The van der Waals surface area contributed by atoms with Gasteiger partial charge >= 0.3 is 6.18 Å². The lowest BCUT2D eigenvalue weighted by Crippen LogP contribution is -2.70. The molecule has 4 fully saturated rings. The first-order chi connectivity index (χ1) is 16.9. The fourth-order valence-electron chi connectivity index (χ4n) is 6.33. The maximum absolute atomic E-state index is 13.7. The SMILES string of the molecule is Cn1cc([C@H]2C[C@@H](c3cc4c(=O)n(C)c(C(F)F)nc4c(C45CC(C(F)(F)F)(C4)C5)n3)CCO2)cn1. The van der Waals surface area contributed by atoms with E-state index < -0.39 is 34.8 Å². The maximum Gasteiger partial charge on any atom is 0.394 e. The van der Waals surface area contributed by atoms with Crippen LogP contribution in [0.15, 0.2) is 23.3 Å². The highest BCUT2D eigenvalue weighted by atomic mass is 19.4. The molecule has 0 amide bonds. The molecule has 4 aliphatic rings. The summed E-state index contributed by atoms with van der Waals surface area (Å²) in [5.41, 5.74) is -1.64. The second-order valence-corrected chi connectivity index (χ2v) is 10.5. The van der Waals surface area contributed by atoms with Crippen molar-refractivity contribution in [2.45, 2.75) is 62.1 Å². The van der Waals surface area contributed by atoms with Crippen molar-refractivity contribution >= 4 is 10.9 Å². The molecular weight excluding hydrogens is 485 g/mol. The van der Waals surface area contributed by atoms with Gasteiger partial charge in [-0.3, -0.25) is 19.0 Å². The summed E-state index contributed by atoms with van der Waals surface area (Å²) in [6.45, 7) is 0.433. The number of alkyl halides is 5.